The molecule has 1 heterocycles. The molecule has 0 saturated carbocycles. The Morgan fingerprint density at radius 3 is 2.80 bits per heavy atom. The van der Waals surface area contributed by atoms with E-state index < -0.39 is 0 Å². The average molecular weight is 243 g/mol. The van der Waals surface area contributed by atoms with E-state index in [2.05, 4.69) is 10.3 Å². The Kier molecular flexibility index (Phi) is 3.94. The highest BCUT2D eigenvalue weighted by Gasteiger charge is 2.02. The molecule has 0 atom stereocenters. The van der Waals surface area contributed by atoms with Gasteiger partial charge in [-0.15, -0.1) is 23.7 Å². The van der Waals surface area contributed by atoms with Crippen LogP contribution in [0.1, 0.15) is 5.56 Å². The van der Waals surface area contributed by atoms with Crippen LogP contribution >= 0.6 is 23.7 Å². The Bertz CT molecular complexity index is 431. The van der Waals surface area contributed by atoms with Gasteiger partial charge in [0.15, 0.2) is 5.13 Å². The second-order valence-corrected chi connectivity index (χ2v) is 3.88. The lowest BCUT2D eigenvalue weighted by molar-refractivity contribution is 0.477. The Labute approximate surface area is 98.2 Å². The van der Waals surface area contributed by atoms with Crippen molar-refractivity contribution in [1.82, 2.24) is 4.98 Å². The smallest absolute Gasteiger partial charge is 0.187 e. The molecule has 0 bridgehead atoms. The molecule has 0 aliphatic heterocycles. The molecule has 0 amide bonds. The van der Waals surface area contributed by atoms with Crippen molar-refractivity contribution in [1.29, 1.82) is 0 Å². The predicted octanol–water partition coefficient (Wildman–Crippen LogP) is 3.32. The average Bonchev–Trinajstić information content (AvgIpc) is 2.62. The molecule has 1 aromatic carbocycles. The number of nitrogens with one attached hydrogen (secondary N) is 1. The molecular weight excluding hydrogens is 232 g/mol. The number of phenols is 1. The molecule has 0 radical (unpaired) electrons. The van der Waals surface area contributed by atoms with E-state index in [-0.39, 0.29) is 18.2 Å². The number of nitrogens with zero attached hydrogens (tertiary/aromatic N) is 1. The van der Waals surface area contributed by atoms with E-state index in [0.717, 1.165) is 10.7 Å². The number of hydrogen-bond donors (Lipinski definition) is 2. The fraction of sp³-hybridized carbons (Fsp3) is 0.100. The molecule has 3 nitrogen and oxygen atoms in total. The summed E-state index contributed by atoms with van der Waals surface area (Å²) in [6.07, 6.45) is 1.72. The van der Waals surface area contributed by atoms with Crippen LogP contribution in [0.5, 0.6) is 5.75 Å². The van der Waals surface area contributed by atoms with Crippen molar-refractivity contribution in [3.63, 3.8) is 0 Å². The van der Waals surface area contributed by atoms with E-state index in [0.29, 0.717) is 5.69 Å². The van der Waals surface area contributed by atoms with Gasteiger partial charge < -0.3 is 10.4 Å². The third-order valence-corrected chi connectivity index (χ3v) is 2.52. The highest BCUT2D eigenvalue weighted by molar-refractivity contribution is 7.13. The number of phenolic OH excluding ortho intramolecular Hbond substituents is 1. The predicted molar refractivity (Wildman–Crippen MR) is 65.5 cm³/mol. The van der Waals surface area contributed by atoms with Gasteiger partial charge in [0.1, 0.15) is 5.75 Å². The number of benzene rings is 1. The molecule has 80 valence electrons. The van der Waals surface area contributed by atoms with Gasteiger partial charge in [-0.05, 0) is 24.6 Å². The van der Waals surface area contributed by atoms with Crippen molar-refractivity contribution in [3.05, 3.63) is 35.3 Å². The molecule has 2 aromatic rings. The quantitative estimate of drug-likeness (QED) is 0.794. The maximum Gasteiger partial charge on any atom is 0.187 e. The first-order valence-electron chi connectivity index (χ1n) is 4.22. The molecule has 0 aliphatic carbocycles. The van der Waals surface area contributed by atoms with Crippen LogP contribution in [0.15, 0.2) is 29.8 Å². The summed E-state index contributed by atoms with van der Waals surface area (Å²) in [4.78, 5) is 4.07. The van der Waals surface area contributed by atoms with Gasteiger partial charge in [-0.1, -0.05) is 6.07 Å². The molecule has 0 saturated heterocycles. The van der Waals surface area contributed by atoms with Crippen LogP contribution in [-0.2, 0) is 0 Å². The monoisotopic (exact) mass is 242 g/mol. The van der Waals surface area contributed by atoms with E-state index in [4.69, 9.17) is 0 Å². The van der Waals surface area contributed by atoms with E-state index in [1.807, 2.05) is 24.4 Å². The first-order valence-corrected chi connectivity index (χ1v) is 5.10. The summed E-state index contributed by atoms with van der Waals surface area (Å²) in [7, 11) is 0. The second kappa shape index (κ2) is 5.00. The minimum atomic E-state index is 0. The summed E-state index contributed by atoms with van der Waals surface area (Å²) in [5.41, 5.74) is 1.72. The summed E-state index contributed by atoms with van der Waals surface area (Å²) < 4.78 is 0. The number of thiazole rings is 1. The third kappa shape index (κ3) is 2.84. The minimum absolute atomic E-state index is 0. The SMILES string of the molecule is Cc1ccc(Nc2nccs2)c(O)c1.Cl. The zero-order valence-electron chi connectivity index (χ0n) is 8.10. The molecule has 2 rings (SSSR count). The number of aryl methyl sites for hydroxylation is 1. The van der Waals surface area contributed by atoms with Gasteiger partial charge >= 0.3 is 0 Å². The highest BCUT2D eigenvalue weighted by Crippen LogP contribution is 2.27. The Morgan fingerprint density at radius 1 is 1.40 bits per heavy atom. The van der Waals surface area contributed by atoms with Crippen molar-refractivity contribution in [3.8, 4) is 5.75 Å². The van der Waals surface area contributed by atoms with Crippen LogP contribution in [0.4, 0.5) is 10.8 Å². The first kappa shape index (κ1) is 11.8. The molecule has 0 aliphatic rings. The largest absolute Gasteiger partial charge is 0.506 e. The topological polar surface area (TPSA) is 45.2 Å². The summed E-state index contributed by atoms with van der Waals surface area (Å²) in [5.74, 6) is 0.250. The van der Waals surface area contributed by atoms with Crippen LogP contribution < -0.4 is 5.32 Å². The Morgan fingerprint density at radius 2 is 2.20 bits per heavy atom. The number of aromatic hydroxyl groups is 1. The summed E-state index contributed by atoms with van der Waals surface area (Å²) in [6.45, 7) is 1.94. The summed E-state index contributed by atoms with van der Waals surface area (Å²) in [6, 6.07) is 5.50. The van der Waals surface area contributed by atoms with E-state index >= 15 is 0 Å². The molecule has 0 spiro atoms. The van der Waals surface area contributed by atoms with Crippen molar-refractivity contribution < 1.29 is 5.11 Å². The lowest BCUT2D eigenvalue weighted by Crippen LogP contribution is -1.89. The van der Waals surface area contributed by atoms with Gasteiger partial charge in [0.05, 0.1) is 5.69 Å². The van der Waals surface area contributed by atoms with Gasteiger partial charge in [-0.25, -0.2) is 4.98 Å². The number of aromatic nitrogens is 1. The van der Waals surface area contributed by atoms with Crippen molar-refractivity contribution in [2.24, 2.45) is 0 Å². The standard InChI is InChI=1S/C10H10N2OS.ClH/c1-7-2-3-8(9(13)6-7)12-10-11-4-5-14-10;/h2-6,13H,1H3,(H,11,12);1H. The van der Waals surface area contributed by atoms with Crippen molar-refractivity contribution in [2.75, 3.05) is 5.32 Å². The Hall–Kier alpha value is -1.26. The lowest BCUT2D eigenvalue weighted by atomic mass is 10.2. The molecule has 1 aromatic heterocycles. The van der Waals surface area contributed by atoms with Gasteiger partial charge in [-0.3, -0.25) is 0 Å². The lowest BCUT2D eigenvalue weighted by Gasteiger charge is -2.05. The Balaban J connectivity index is 0.00000112. The minimum Gasteiger partial charge on any atom is -0.506 e. The summed E-state index contributed by atoms with van der Waals surface area (Å²) in [5, 5.41) is 15.3. The zero-order chi connectivity index (χ0) is 9.97. The van der Waals surface area contributed by atoms with Crippen LogP contribution in [0.25, 0.3) is 0 Å². The fourth-order valence-electron chi connectivity index (χ4n) is 1.15. The van der Waals surface area contributed by atoms with Crippen LogP contribution in [0, 0.1) is 6.92 Å². The highest BCUT2D eigenvalue weighted by atomic mass is 35.5. The van der Waals surface area contributed by atoms with Gasteiger partial charge in [0.25, 0.3) is 0 Å². The van der Waals surface area contributed by atoms with E-state index in [1.54, 1.807) is 12.3 Å². The molecule has 15 heavy (non-hydrogen) atoms. The zero-order valence-corrected chi connectivity index (χ0v) is 9.73. The van der Waals surface area contributed by atoms with E-state index in [9.17, 15) is 5.11 Å². The second-order valence-electron chi connectivity index (χ2n) is 2.98. The first-order chi connectivity index (χ1) is 6.75. The molecule has 5 heteroatoms. The molecular formula is C10H11ClN2OS. The summed E-state index contributed by atoms with van der Waals surface area (Å²) >= 11 is 1.50. The van der Waals surface area contributed by atoms with Gasteiger partial charge in [0, 0.05) is 11.6 Å². The van der Waals surface area contributed by atoms with Crippen molar-refractivity contribution >= 4 is 34.6 Å². The molecule has 0 unspecified atom stereocenters. The number of hydrogen-bond acceptors (Lipinski definition) is 4. The van der Waals surface area contributed by atoms with Gasteiger partial charge in [-0.2, -0.15) is 0 Å². The number of rotatable bonds is 2. The van der Waals surface area contributed by atoms with E-state index in [1.165, 1.54) is 11.3 Å². The van der Waals surface area contributed by atoms with Crippen LogP contribution in [0.3, 0.4) is 0 Å². The third-order valence-electron chi connectivity index (χ3n) is 1.83. The van der Waals surface area contributed by atoms with Crippen LogP contribution in [-0.4, -0.2) is 10.1 Å². The normalized spacial score (nSPS) is 9.40. The number of halogens is 1. The molecule has 0 fully saturated rings. The maximum absolute atomic E-state index is 9.60. The maximum atomic E-state index is 9.60. The van der Waals surface area contributed by atoms with Gasteiger partial charge in [0.2, 0.25) is 0 Å². The van der Waals surface area contributed by atoms with Crippen LogP contribution in [0.2, 0.25) is 0 Å². The molecule has 2 N–H and O–H groups in total. The number of anilines is 2. The van der Waals surface area contributed by atoms with Crippen molar-refractivity contribution in [2.45, 2.75) is 6.92 Å². The fourth-order valence-corrected chi connectivity index (χ4v) is 1.69.